The molecule has 1 N–H and O–H groups in total. The molecule has 0 unspecified atom stereocenters. The van der Waals surface area contributed by atoms with E-state index in [9.17, 15) is 4.79 Å². The Morgan fingerprint density at radius 3 is 2.09 bits per heavy atom. The highest BCUT2D eigenvalue weighted by molar-refractivity contribution is 6.30. The van der Waals surface area contributed by atoms with E-state index in [1.165, 1.54) is 5.56 Å². The summed E-state index contributed by atoms with van der Waals surface area (Å²) < 4.78 is 11.2. The lowest BCUT2D eigenvalue weighted by atomic mass is 9.85. The number of halogens is 1. The van der Waals surface area contributed by atoms with Gasteiger partial charge in [0.15, 0.2) is 6.61 Å². The van der Waals surface area contributed by atoms with Crippen LogP contribution in [0, 0.1) is 6.92 Å². The molecule has 0 aliphatic heterocycles. The van der Waals surface area contributed by atoms with E-state index in [-0.39, 0.29) is 12.0 Å². The molecule has 0 aromatic heterocycles. The van der Waals surface area contributed by atoms with E-state index in [0.717, 1.165) is 22.3 Å². The third-order valence-electron chi connectivity index (χ3n) is 5.25. The molecule has 5 heteroatoms. The van der Waals surface area contributed by atoms with Gasteiger partial charge in [-0.2, -0.15) is 0 Å². The molecule has 0 aliphatic carbocycles. The molecule has 33 heavy (non-hydrogen) atoms. The Kier molecular flexibility index (Phi) is 7.83. The molecule has 0 radical (unpaired) electrons. The highest BCUT2D eigenvalue weighted by Gasteiger charge is 2.14. The van der Waals surface area contributed by atoms with Crippen molar-refractivity contribution in [3.05, 3.63) is 100 Å². The number of hydrogen-bond donors (Lipinski definition) is 1. The van der Waals surface area contributed by atoms with Gasteiger partial charge in [0.1, 0.15) is 18.1 Å². The smallest absolute Gasteiger partial charge is 0.341 e. The third kappa shape index (κ3) is 6.87. The fourth-order valence-corrected chi connectivity index (χ4v) is 3.54. The Morgan fingerprint density at radius 2 is 1.55 bits per heavy atom. The topological polar surface area (TPSA) is 55.8 Å². The van der Waals surface area contributed by atoms with Crippen molar-refractivity contribution < 1.29 is 19.4 Å². The molecule has 0 saturated heterocycles. The highest BCUT2D eigenvalue weighted by atomic mass is 35.5. The first-order chi connectivity index (χ1) is 15.6. The lowest BCUT2D eigenvalue weighted by Gasteiger charge is -2.19. The van der Waals surface area contributed by atoms with E-state index in [0.29, 0.717) is 23.1 Å². The number of ether oxygens (including phenoxy) is 2. The minimum Gasteiger partial charge on any atom is -0.489 e. The summed E-state index contributed by atoms with van der Waals surface area (Å²) in [6, 6.07) is 21.7. The molecule has 172 valence electrons. The summed E-state index contributed by atoms with van der Waals surface area (Å²) in [6.45, 7) is 8.45. The number of carboxylic acid groups (broad SMARTS) is 1. The molecule has 4 nitrogen and oxygen atoms in total. The molecule has 0 spiro atoms. The van der Waals surface area contributed by atoms with Crippen LogP contribution in [0.3, 0.4) is 0 Å². The molecule has 0 amide bonds. The molecular formula is C28H29ClO4. The van der Waals surface area contributed by atoms with Crippen LogP contribution in [0.15, 0.2) is 72.8 Å². The first-order valence-corrected chi connectivity index (χ1v) is 11.2. The normalized spacial score (nSPS) is 11.8. The third-order valence-corrected chi connectivity index (χ3v) is 5.50. The largest absolute Gasteiger partial charge is 0.489 e. The Morgan fingerprint density at radius 1 is 0.939 bits per heavy atom. The van der Waals surface area contributed by atoms with Gasteiger partial charge in [-0.25, -0.2) is 4.79 Å². The average molecular weight is 465 g/mol. The van der Waals surface area contributed by atoms with E-state index in [2.05, 4.69) is 51.1 Å². The number of carbonyl (C=O) groups is 1. The van der Waals surface area contributed by atoms with Crippen molar-refractivity contribution in [1.29, 1.82) is 0 Å². The Hall–Kier alpha value is -3.24. The summed E-state index contributed by atoms with van der Waals surface area (Å²) in [4.78, 5) is 10.7. The van der Waals surface area contributed by atoms with Crippen molar-refractivity contribution >= 4 is 23.1 Å². The second kappa shape index (κ2) is 10.6. The van der Waals surface area contributed by atoms with E-state index >= 15 is 0 Å². The van der Waals surface area contributed by atoms with E-state index < -0.39 is 5.97 Å². The standard InChI is InChI=1S/C28H29ClO4/c1-19-17-24(13-14-26(19)33-18-27(30)31)32-16-15-25(21-7-11-23(29)12-8-21)20-5-9-22(10-6-20)28(2,3)4/h5-15,17H,16,18H2,1-4H3,(H,30,31)/b25-15+. The van der Waals surface area contributed by atoms with Gasteiger partial charge in [-0.1, -0.05) is 68.8 Å². The number of rotatable bonds is 8. The molecule has 0 atom stereocenters. The first-order valence-electron chi connectivity index (χ1n) is 10.8. The van der Waals surface area contributed by atoms with Gasteiger partial charge in [-0.15, -0.1) is 0 Å². The van der Waals surface area contributed by atoms with Crippen molar-refractivity contribution in [2.24, 2.45) is 0 Å². The average Bonchev–Trinajstić information content (AvgIpc) is 2.76. The van der Waals surface area contributed by atoms with Gasteiger partial charge in [-0.3, -0.25) is 0 Å². The van der Waals surface area contributed by atoms with Crippen LogP contribution in [-0.4, -0.2) is 24.3 Å². The molecule has 3 rings (SSSR count). The quantitative estimate of drug-likeness (QED) is 0.393. The fourth-order valence-electron chi connectivity index (χ4n) is 3.42. The predicted octanol–water partition coefficient (Wildman–Crippen LogP) is 6.92. The molecular weight excluding hydrogens is 436 g/mol. The summed E-state index contributed by atoms with van der Waals surface area (Å²) in [5, 5.41) is 9.48. The van der Waals surface area contributed by atoms with Crippen LogP contribution in [0.25, 0.3) is 5.57 Å². The summed E-state index contributed by atoms with van der Waals surface area (Å²) in [6.07, 6.45) is 2.06. The summed E-state index contributed by atoms with van der Waals surface area (Å²) in [5.41, 5.74) is 5.39. The fraction of sp³-hybridized carbons (Fsp3) is 0.250. The second-order valence-corrected chi connectivity index (χ2v) is 9.31. The lowest BCUT2D eigenvalue weighted by Crippen LogP contribution is -2.10. The van der Waals surface area contributed by atoms with Crippen LogP contribution in [0.2, 0.25) is 5.02 Å². The maximum absolute atomic E-state index is 10.7. The minimum atomic E-state index is -1.01. The molecule has 0 aliphatic rings. The Labute approximate surface area is 200 Å². The molecule has 3 aromatic carbocycles. The van der Waals surface area contributed by atoms with E-state index in [4.69, 9.17) is 26.2 Å². The first kappa shape index (κ1) is 24.4. The van der Waals surface area contributed by atoms with Gasteiger partial charge in [0.25, 0.3) is 0 Å². The minimum absolute atomic E-state index is 0.0873. The van der Waals surface area contributed by atoms with Crippen LogP contribution in [-0.2, 0) is 10.2 Å². The van der Waals surface area contributed by atoms with Gasteiger partial charge >= 0.3 is 5.97 Å². The van der Waals surface area contributed by atoms with Crippen LogP contribution in [0.5, 0.6) is 11.5 Å². The highest BCUT2D eigenvalue weighted by Crippen LogP contribution is 2.29. The van der Waals surface area contributed by atoms with Gasteiger partial charge in [0.2, 0.25) is 0 Å². The molecule has 0 bridgehead atoms. The maximum atomic E-state index is 10.7. The number of aryl methyl sites for hydroxylation is 1. The van der Waals surface area contributed by atoms with Crippen molar-refractivity contribution in [1.82, 2.24) is 0 Å². The van der Waals surface area contributed by atoms with Crippen molar-refractivity contribution in [3.63, 3.8) is 0 Å². The van der Waals surface area contributed by atoms with Gasteiger partial charge in [-0.05, 0) is 76.6 Å². The van der Waals surface area contributed by atoms with Crippen molar-refractivity contribution in [2.45, 2.75) is 33.1 Å². The van der Waals surface area contributed by atoms with E-state index in [1.54, 1.807) is 12.1 Å². The zero-order chi connectivity index (χ0) is 24.0. The van der Waals surface area contributed by atoms with Gasteiger partial charge < -0.3 is 14.6 Å². The Bertz CT molecular complexity index is 1120. The van der Waals surface area contributed by atoms with Gasteiger partial charge in [0.05, 0.1) is 0 Å². The molecule has 0 fully saturated rings. The number of aliphatic carboxylic acids is 1. The van der Waals surface area contributed by atoms with Crippen LogP contribution >= 0.6 is 11.6 Å². The summed E-state index contributed by atoms with van der Waals surface area (Å²) in [5.74, 6) is 0.205. The van der Waals surface area contributed by atoms with Crippen LogP contribution in [0.4, 0.5) is 0 Å². The van der Waals surface area contributed by atoms with Gasteiger partial charge in [0, 0.05) is 5.02 Å². The zero-order valence-electron chi connectivity index (χ0n) is 19.4. The van der Waals surface area contributed by atoms with E-state index in [1.807, 2.05) is 37.3 Å². The number of benzene rings is 3. The predicted molar refractivity (Wildman–Crippen MR) is 133 cm³/mol. The van der Waals surface area contributed by atoms with Crippen LogP contribution in [0.1, 0.15) is 43.0 Å². The Balaban J connectivity index is 1.81. The lowest BCUT2D eigenvalue weighted by molar-refractivity contribution is -0.139. The SMILES string of the molecule is Cc1cc(OC/C=C(/c2ccc(Cl)cc2)c2ccc(C(C)(C)C)cc2)ccc1OCC(=O)O. The maximum Gasteiger partial charge on any atom is 0.341 e. The van der Waals surface area contributed by atoms with Crippen molar-refractivity contribution in [2.75, 3.05) is 13.2 Å². The molecule has 0 saturated carbocycles. The number of hydrogen-bond acceptors (Lipinski definition) is 3. The summed E-state index contributed by atoms with van der Waals surface area (Å²) >= 11 is 6.10. The summed E-state index contributed by atoms with van der Waals surface area (Å²) in [7, 11) is 0. The molecule has 0 heterocycles. The number of carboxylic acids is 1. The molecule has 3 aromatic rings. The van der Waals surface area contributed by atoms with Crippen molar-refractivity contribution in [3.8, 4) is 11.5 Å². The van der Waals surface area contributed by atoms with Crippen LogP contribution < -0.4 is 9.47 Å². The second-order valence-electron chi connectivity index (χ2n) is 8.87. The monoisotopic (exact) mass is 464 g/mol. The zero-order valence-corrected chi connectivity index (χ0v) is 20.1.